The normalized spacial score (nSPS) is 27.8. The van der Waals surface area contributed by atoms with Crippen LogP contribution >= 0.6 is 0 Å². The molecule has 5 N–H and O–H groups in total. The van der Waals surface area contributed by atoms with Crippen LogP contribution in [0.15, 0.2) is 24.3 Å². The second kappa shape index (κ2) is 4.41. The summed E-state index contributed by atoms with van der Waals surface area (Å²) in [5.41, 5.74) is 0. The summed E-state index contributed by atoms with van der Waals surface area (Å²) in [6.07, 6.45) is -0.894. The Morgan fingerprint density at radius 3 is 2.11 bits per heavy atom. The summed E-state index contributed by atoms with van der Waals surface area (Å²) in [6, 6.07) is 6.43. The number of fused-ring (bicyclic) bond motifs is 1. The number of piperidine rings is 1. The Kier molecular flexibility index (Phi) is 2.85. The summed E-state index contributed by atoms with van der Waals surface area (Å²) in [4.78, 5) is 0. The van der Waals surface area contributed by atoms with Gasteiger partial charge >= 0.3 is 0 Å². The van der Waals surface area contributed by atoms with Crippen molar-refractivity contribution in [2.45, 2.75) is 31.3 Å². The van der Waals surface area contributed by atoms with E-state index in [-0.39, 0.29) is 11.8 Å². The van der Waals surface area contributed by atoms with Crippen LogP contribution in [0.25, 0.3) is 10.8 Å². The van der Waals surface area contributed by atoms with Gasteiger partial charge in [0.2, 0.25) is 11.8 Å². The average molecular weight is 264 g/mol. The van der Waals surface area contributed by atoms with E-state index in [9.17, 15) is 20.4 Å². The highest BCUT2D eigenvalue weighted by atomic mass is 16.3. The van der Waals surface area contributed by atoms with Gasteiger partial charge in [0.25, 0.3) is 0 Å². The lowest BCUT2D eigenvalue weighted by molar-refractivity contribution is -0.0305. The minimum absolute atomic E-state index is 0.0738. The lowest BCUT2D eigenvalue weighted by Gasteiger charge is -2.33. The minimum atomic E-state index is -1.03. The van der Waals surface area contributed by atoms with E-state index in [1.165, 1.54) is 4.57 Å². The van der Waals surface area contributed by atoms with E-state index in [1.54, 1.807) is 24.3 Å². The molecule has 1 saturated heterocycles. The van der Waals surface area contributed by atoms with Crippen LogP contribution in [0.1, 0.15) is 18.9 Å². The highest BCUT2D eigenvalue weighted by molar-refractivity contribution is 5.92. The van der Waals surface area contributed by atoms with Crippen molar-refractivity contribution in [2.24, 2.45) is 0 Å². The van der Waals surface area contributed by atoms with E-state index < -0.39 is 18.5 Å². The first-order valence-electron chi connectivity index (χ1n) is 6.22. The predicted octanol–water partition coefficient (Wildman–Crippen LogP) is 0.614. The Labute approximate surface area is 109 Å². The summed E-state index contributed by atoms with van der Waals surface area (Å²) < 4.78 is 1.31. The third-order valence-electron chi connectivity index (χ3n) is 3.66. The topological polar surface area (TPSA) is 97.9 Å². The van der Waals surface area contributed by atoms with Crippen LogP contribution in [0.2, 0.25) is 0 Å². The molecule has 102 valence electrons. The van der Waals surface area contributed by atoms with E-state index in [1.807, 2.05) is 0 Å². The van der Waals surface area contributed by atoms with Crippen molar-refractivity contribution in [3.63, 3.8) is 0 Å². The van der Waals surface area contributed by atoms with E-state index in [0.717, 1.165) is 0 Å². The molecule has 3 atom stereocenters. The Bertz CT molecular complexity index is 571. The van der Waals surface area contributed by atoms with Gasteiger partial charge in [-0.15, -0.1) is 0 Å². The van der Waals surface area contributed by atoms with Crippen LogP contribution in [-0.2, 0) is 0 Å². The first kappa shape index (κ1) is 12.3. The largest absolute Gasteiger partial charge is 0.494 e. The molecule has 0 bridgehead atoms. The molecule has 19 heavy (non-hydrogen) atoms. The number of aromatic nitrogens is 1. The zero-order chi connectivity index (χ0) is 13.6. The number of aliphatic hydroxyl groups excluding tert-OH is 2. The second-order valence-corrected chi connectivity index (χ2v) is 4.83. The van der Waals surface area contributed by atoms with Crippen LogP contribution in [0.5, 0.6) is 11.8 Å². The third-order valence-corrected chi connectivity index (χ3v) is 3.66. The molecule has 1 aliphatic heterocycles. The SMILES string of the molecule is Oc1c2ccccc2c(O)n1C1CCC(O)NC1O. The molecule has 3 unspecified atom stereocenters. The Morgan fingerprint density at radius 2 is 1.58 bits per heavy atom. The highest BCUT2D eigenvalue weighted by Gasteiger charge is 2.32. The quantitative estimate of drug-likeness (QED) is 0.520. The molecular weight excluding hydrogens is 248 g/mol. The van der Waals surface area contributed by atoms with Gasteiger partial charge in [-0.05, 0) is 25.0 Å². The monoisotopic (exact) mass is 264 g/mol. The van der Waals surface area contributed by atoms with Crippen molar-refractivity contribution in [3.05, 3.63) is 24.3 Å². The Hall–Kier alpha value is -1.76. The Balaban J connectivity index is 2.10. The smallest absolute Gasteiger partial charge is 0.202 e. The van der Waals surface area contributed by atoms with Gasteiger partial charge in [0.15, 0.2) is 0 Å². The molecule has 1 fully saturated rings. The number of aliphatic hydroxyl groups is 2. The first-order chi connectivity index (χ1) is 9.09. The zero-order valence-electron chi connectivity index (χ0n) is 10.2. The van der Waals surface area contributed by atoms with Crippen LogP contribution in [0, 0.1) is 0 Å². The van der Waals surface area contributed by atoms with E-state index in [4.69, 9.17) is 0 Å². The van der Waals surface area contributed by atoms with Crippen LogP contribution < -0.4 is 5.32 Å². The van der Waals surface area contributed by atoms with Gasteiger partial charge in [-0.2, -0.15) is 0 Å². The van der Waals surface area contributed by atoms with Crippen LogP contribution in [-0.4, -0.2) is 37.4 Å². The fourth-order valence-electron chi connectivity index (χ4n) is 2.70. The molecule has 2 aromatic rings. The van der Waals surface area contributed by atoms with E-state index >= 15 is 0 Å². The standard InChI is InChI=1S/C13H16N2O4/c16-10-6-5-9(11(17)14-10)15-12(18)7-3-1-2-4-8(7)13(15)19/h1-4,9-11,14,16-19H,5-6H2. The van der Waals surface area contributed by atoms with Gasteiger partial charge < -0.3 is 20.4 Å². The highest BCUT2D eigenvalue weighted by Crippen LogP contribution is 2.41. The number of rotatable bonds is 1. The lowest BCUT2D eigenvalue weighted by atomic mass is 10.0. The summed E-state index contributed by atoms with van der Waals surface area (Å²) in [5, 5.41) is 43.5. The first-order valence-corrected chi connectivity index (χ1v) is 6.22. The maximum atomic E-state index is 10.2. The molecule has 1 aromatic carbocycles. The number of aromatic hydroxyl groups is 2. The van der Waals surface area contributed by atoms with Crippen molar-refractivity contribution < 1.29 is 20.4 Å². The molecule has 3 rings (SSSR count). The van der Waals surface area contributed by atoms with Crippen molar-refractivity contribution >= 4 is 10.8 Å². The molecule has 1 aliphatic rings. The van der Waals surface area contributed by atoms with Crippen molar-refractivity contribution in [1.29, 1.82) is 0 Å². The molecule has 1 aromatic heterocycles. The number of nitrogens with zero attached hydrogens (tertiary/aromatic N) is 1. The van der Waals surface area contributed by atoms with Gasteiger partial charge in [0, 0.05) is 10.8 Å². The van der Waals surface area contributed by atoms with Crippen molar-refractivity contribution in [1.82, 2.24) is 9.88 Å². The number of nitrogens with one attached hydrogen (secondary N) is 1. The molecule has 0 amide bonds. The van der Waals surface area contributed by atoms with Crippen LogP contribution in [0.3, 0.4) is 0 Å². The molecule has 0 radical (unpaired) electrons. The average Bonchev–Trinajstić information content (AvgIpc) is 2.64. The fraction of sp³-hybridized carbons (Fsp3) is 0.385. The molecule has 2 heterocycles. The number of benzene rings is 1. The van der Waals surface area contributed by atoms with E-state index in [0.29, 0.717) is 23.6 Å². The van der Waals surface area contributed by atoms with Gasteiger partial charge in [0.1, 0.15) is 12.5 Å². The van der Waals surface area contributed by atoms with Crippen LogP contribution in [0.4, 0.5) is 0 Å². The summed E-state index contributed by atoms with van der Waals surface area (Å²) in [7, 11) is 0. The third kappa shape index (κ3) is 1.85. The number of hydrogen-bond acceptors (Lipinski definition) is 5. The molecule has 6 heteroatoms. The lowest BCUT2D eigenvalue weighted by Crippen LogP contribution is -2.47. The summed E-state index contributed by atoms with van der Waals surface area (Å²) >= 11 is 0. The maximum Gasteiger partial charge on any atom is 0.202 e. The fourth-order valence-corrected chi connectivity index (χ4v) is 2.70. The van der Waals surface area contributed by atoms with Crippen molar-refractivity contribution in [3.8, 4) is 11.8 Å². The zero-order valence-corrected chi connectivity index (χ0v) is 10.2. The number of hydrogen-bond donors (Lipinski definition) is 5. The molecule has 6 nitrogen and oxygen atoms in total. The van der Waals surface area contributed by atoms with Gasteiger partial charge in [-0.3, -0.25) is 9.88 Å². The van der Waals surface area contributed by atoms with Gasteiger partial charge in [0.05, 0.1) is 6.04 Å². The molecule has 0 saturated carbocycles. The second-order valence-electron chi connectivity index (χ2n) is 4.83. The summed E-state index contributed by atoms with van der Waals surface area (Å²) in [5.74, 6) is -0.148. The molecular formula is C13H16N2O4. The summed E-state index contributed by atoms with van der Waals surface area (Å²) in [6.45, 7) is 0. The van der Waals surface area contributed by atoms with Gasteiger partial charge in [-0.1, -0.05) is 12.1 Å². The molecule has 0 spiro atoms. The van der Waals surface area contributed by atoms with Crippen molar-refractivity contribution in [2.75, 3.05) is 0 Å². The predicted molar refractivity (Wildman–Crippen MR) is 68.7 cm³/mol. The maximum absolute atomic E-state index is 10.2. The Morgan fingerprint density at radius 1 is 1.00 bits per heavy atom. The van der Waals surface area contributed by atoms with Gasteiger partial charge in [-0.25, -0.2) is 0 Å². The molecule has 0 aliphatic carbocycles. The van der Waals surface area contributed by atoms with E-state index in [2.05, 4.69) is 5.32 Å². The minimum Gasteiger partial charge on any atom is -0.494 e.